The van der Waals surface area contributed by atoms with Gasteiger partial charge in [0.1, 0.15) is 12.1 Å². The summed E-state index contributed by atoms with van der Waals surface area (Å²) in [6, 6.07) is -3.89. The SMILES string of the molecule is NC(=O)CCC(NC(=O)C(N)CC(N)=O)C(=O)NCC(=O)NC(Cc1cnc[nH]1)C(=O)O. The fraction of sp³-hybridized carbons (Fsp3) is 0.471. The molecular weight excluding hydrogens is 428 g/mol. The standard InChI is InChI=1S/C17H26N8O7/c18-9(4-13(20)27)15(29)25-10(1-2-12(19)26)16(30)22-6-14(28)24-11(17(31)32)3-8-5-21-7-23-8/h5,7,9-11H,1-4,6,18H2,(H2,19,26)(H2,20,27)(H,21,23)(H,22,30)(H,24,28)(H,25,29)(H,31,32). The zero-order chi connectivity index (χ0) is 24.3. The van der Waals surface area contributed by atoms with E-state index in [1.165, 1.54) is 12.5 Å². The summed E-state index contributed by atoms with van der Waals surface area (Å²) in [6.45, 7) is -0.609. The topological polar surface area (TPSA) is 265 Å². The Kier molecular flexibility index (Phi) is 10.3. The Labute approximate surface area is 181 Å². The van der Waals surface area contributed by atoms with Gasteiger partial charge >= 0.3 is 5.97 Å². The summed E-state index contributed by atoms with van der Waals surface area (Å²) in [5.74, 6) is -5.39. The Balaban J connectivity index is 2.67. The maximum atomic E-state index is 12.4. The van der Waals surface area contributed by atoms with Crippen LogP contribution >= 0.6 is 0 Å². The number of hydrogen-bond donors (Lipinski definition) is 8. The number of aromatic nitrogens is 2. The van der Waals surface area contributed by atoms with Gasteiger partial charge in [0, 0.05) is 24.7 Å². The van der Waals surface area contributed by atoms with Gasteiger partial charge in [-0.25, -0.2) is 9.78 Å². The smallest absolute Gasteiger partial charge is 0.326 e. The minimum Gasteiger partial charge on any atom is -0.480 e. The van der Waals surface area contributed by atoms with Gasteiger partial charge in [-0.05, 0) is 6.42 Å². The van der Waals surface area contributed by atoms with Gasteiger partial charge in [-0.15, -0.1) is 0 Å². The van der Waals surface area contributed by atoms with Crippen LogP contribution in [0.25, 0.3) is 0 Å². The van der Waals surface area contributed by atoms with Crippen molar-refractivity contribution in [2.24, 2.45) is 17.2 Å². The van der Waals surface area contributed by atoms with Gasteiger partial charge in [-0.1, -0.05) is 0 Å². The molecule has 0 aliphatic carbocycles. The summed E-state index contributed by atoms with van der Waals surface area (Å²) in [5, 5.41) is 16.0. The highest BCUT2D eigenvalue weighted by Gasteiger charge is 2.26. The molecule has 0 radical (unpaired) electrons. The van der Waals surface area contributed by atoms with E-state index >= 15 is 0 Å². The monoisotopic (exact) mass is 454 g/mol. The zero-order valence-corrected chi connectivity index (χ0v) is 17.0. The first-order chi connectivity index (χ1) is 15.0. The Morgan fingerprint density at radius 1 is 1.03 bits per heavy atom. The lowest BCUT2D eigenvalue weighted by Gasteiger charge is -2.20. The molecule has 11 N–H and O–H groups in total. The summed E-state index contributed by atoms with van der Waals surface area (Å²) >= 11 is 0. The molecule has 1 heterocycles. The average Bonchev–Trinajstić information content (AvgIpc) is 3.20. The maximum Gasteiger partial charge on any atom is 0.326 e. The van der Waals surface area contributed by atoms with E-state index in [1.807, 2.05) is 0 Å². The quantitative estimate of drug-likeness (QED) is 0.135. The molecular formula is C17H26N8O7. The molecule has 0 bridgehead atoms. The third kappa shape index (κ3) is 9.66. The molecule has 15 nitrogen and oxygen atoms in total. The molecule has 0 aromatic carbocycles. The predicted molar refractivity (Wildman–Crippen MR) is 107 cm³/mol. The molecule has 0 fully saturated rings. The van der Waals surface area contributed by atoms with E-state index in [4.69, 9.17) is 17.2 Å². The molecule has 32 heavy (non-hydrogen) atoms. The number of nitrogens with zero attached hydrogens (tertiary/aromatic N) is 1. The number of hydrogen-bond acceptors (Lipinski definition) is 8. The van der Waals surface area contributed by atoms with Crippen LogP contribution in [0, 0.1) is 0 Å². The summed E-state index contributed by atoms with van der Waals surface area (Å²) < 4.78 is 0. The second kappa shape index (κ2) is 12.6. The second-order valence-electron chi connectivity index (χ2n) is 6.80. The minimum atomic E-state index is -1.32. The molecule has 0 aliphatic heterocycles. The van der Waals surface area contributed by atoms with Gasteiger partial charge in [-0.2, -0.15) is 0 Å². The van der Waals surface area contributed by atoms with Crippen molar-refractivity contribution >= 4 is 35.5 Å². The van der Waals surface area contributed by atoms with Gasteiger partial charge in [0.05, 0.1) is 25.3 Å². The van der Waals surface area contributed by atoms with Crippen LogP contribution in [0.15, 0.2) is 12.5 Å². The summed E-state index contributed by atoms with van der Waals surface area (Å²) in [4.78, 5) is 76.3. The van der Waals surface area contributed by atoms with Crippen LogP contribution in [0.4, 0.5) is 0 Å². The number of nitrogens with two attached hydrogens (primary N) is 3. The zero-order valence-electron chi connectivity index (χ0n) is 17.0. The third-order valence-corrected chi connectivity index (χ3v) is 4.11. The first-order valence-corrected chi connectivity index (χ1v) is 9.39. The van der Waals surface area contributed by atoms with E-state index in [9.17, 15) is 33.9 Å². The number of nitrogens with one attached hydrogen (secondary N) is 4. The van der Waals surface area contributed by atoms with Crippen molar-refractivity contribution in [1.82, 2.24) is 25.9 Å². The Morgan fingerprint density at radius 2 is 1.72 bits per heavy atom. The number of primary amides is 2. The average molecular weight is 454 g/mol. The van der Waals surface area contributed by atoms with Crippen LogP contribution in [0.1, 0.15) is 25.0 Å². The van der Waals surface area contributed by atoms with Gasteiger partial charge in [0.25, 0.3) is 0 Å². The molecule has 1 aromatic rings. The van der Waals surface area contributed by atoms with E-state index in [-0.39, 0.29) is 19.3 Å². The molecule has 15 heteroatoms. The predicted octanol–water partition coefficient (Wildman–Crippen LogP) is -4.41. The molecule has 0 saturated carbocycles. The van der Waals surface area contributed by atoms with Crippen molar-refractivity contribution in [3.8, 4) is 0 Å². The summed E-state index contributed by atoms with van der Waals surface area (Å²) in [5.41, 5.74) is 16.0. The number of imidazole rings is 1. The first kappa shape index (κ1) is 26.0. The van der Waals surface area contributed by atoms with Crippen LogP contribution in [-0.2, 0) is 35.2 Å². The molecule has 3 atom stereocenters. The van der Waals surface area contributed by atoms with E-state index in [1.54, 1.807) is 0 Å². The highest BCUT2D eigenvalue weighted by Crippen LogP contribution is 2.01. The van der Waals surface area contributed by atoms with Crippen LogP contribution in [0.2, 0.25) is 0 Å². The number of rotatable bonds is 14. The van der Waals surface area contributed by atoms with Crippen molar-refractivity contribution < 1.29 is 33.9 Å². The Bertz CT molecular complexity index is 842. The van der Waals surface area contributed by atoms with Crippen LogP contribution in [0.5, 0.6) is 0 Å². The van der Waals surface area contributed by atoms with Crippen molar-refractivity contribution in [2.75, 3.05) is 6.54 Å². The lowest BCUT2D eigenvalue weighted by atomic mass is 10.1. The molecule has 0 spiro atoms. The Hall–Kier alpha value is -4.01. The van der Waals surface area contributed by atoms with Gasteiger partial charge < -0.3 is 43.2 Å². The van der Waals surface area contributed by atoms with E-state index in [0.29, 0.717) is 5.69 Å². The van der Waals surface area contributed by atoms with Gasteiger partial charge in [-0.3, -0.25) is 24.0 Å². The highest BCUT2D eigenvalue weighted by molar-refractivity contribution is 5.94. The molecule has 1 aromatic heterocycles. The largest absolute Gasteiger partial charge is 0.480 e. The van der Waals surface area contributed by atoms with Crippen LogP contribution in [-0.4, -0.2) is 75.2 Å². The number of carboxylic acid groups (broad SMARTS) is 1. The number of aromatic amines is 1. The molecule has 0 aliphatic rings. The number of aliphatic carboxylic acids is 1. The third-order valence-electron chi connectivity index (χ3n) is 4.11. The molecule has 0 saturated heterocycles. The van der Waals surface area contributed by atoms with Gasteiger partial charge in [0.15, 0.2) is 0 Å². The Morgan fingerprint density at radius 3 is 2.25 bits per heavy atom. The second-order valence-corrected chi connectivity index (χ2v) is 6.80. The minimum absolute atomic E-state index is 0.0654. The lowest BCUT2D eigenvalue weighted by Crippen LogP contribution is -2.54. The maximum absolute atomic E-state index is 12.4. The van der Waals surface area contributed by atoms with E-state index in [2.05, 4.69) is 25.9 Å². The van der Waals surface area contributed by atoms with Crippen LogP contribution in [0.3, 0.4) is 0 Å². The van der Waals surface area contributed by atoms with Crippen molar-refractivity contribution in [1.29, 1.82) is 0 Å². The lowest BCUT2D eigenvalue weighted by molar-refractivity contribution is -0.141. The number of carbonyl (C=O) groups is 6. The number of carboxylic acids is 1. The van der Waals surface area contributed by atoms with Crippen molar-refractivity contribution in [3.05, 3.63) is 18.2 Å². The molecule has 5 amide bonds. The van der Waals surface area contributed by atoms with Gasteiger partial charge in [0.2, 0.25) is 29.5 Å². The molecule has 1 rings (SSSR count). The number of amides is 5. The molecule has 176 valence electrons. The number of H-pyrrole nitrogens is 1. The molecule has 3 unspecified atom stereocenters. The number of carbonyl (C=O) groups excluding carboxylic acids is 5. The fourth-order valence-corrected chi connectivity index (χ4v) is 2.50. The first-order valence-electron chi connectivity index (χ1n) is 9.39. The summed E-state index contributed by atoms with van der Waals surface area (Å²) in [7, 11) is 0. The van der Waals surface area contributed by atoms with E-state index in [0.717, 1.165) is 0 Å². The fourth-order valence-electron chi connectivity index (χ4n) is 2.50. The normalized spacial score (nSPS) is 13.3. The van der Waals surface area contributed by atoms with Crippen molar-refractivity contribution in [2.45, 2.75) is 43.8 Å². The van der Waals surface area contributed by atoms with Crippen LogP contribution < -0.4 is 33.2 Å². The summed E-state index contributed by atoms with van der Waals surface area (Å²) in [6.07, 6.45) is 1.76. The van der Waals surface area contributed by atoms with Crippen molar-refractivity contribution in [3.63, 3.8) is 0 Å². The van der Waals surface area contributed by atoms with E-state index < -0.39 is 66.6 Å². The highest BCUT2D eigenvalue weighted by atomic mass is 16.4.